The lowest BCUT2D eigenvalue weighted by atomic mass is 9.99. The summed E-state index contributed by atoms with van der Waals surface area (Å²) < 4.78 is 16.0. The lowest BCUT2D eigenvalue weighted by Gasteiger charge is -2.24. The molecule has 6 heteroatoms. The lowest BCUT2D eigenvalue weighted by molar-refractivity contribution is -0.131. The quantitative estimate of drug-likeness (QED) is 0.700. The first-order chi connectivity index (χ1) is 14.1. The van der Waals surface area contributed by atoms with Crippen molar-refractivity contribution in [2.75, 3.05) is 20.4 Å². The van der Waals surface area contributed by atoms with Crippen molar-refractivity contribution < 1.29 is 23.8 Å². The summed E-state index contributed by atoms with van der Waals surface area (Å²) >= 11 is 0. The molecule has 0 radical (unpaired) electrons. The van der Waals surface area contributed by atoms with Crippen LogP contribution in [0.2, 0.25) is 0 Å². The van der Waals surface area contributed by atoms with E-state index in [4.69, 9.17) is 14.2 Å². The fraction of sp³-hybridized carbons (Fsp3) is 0.391. The monoisotopic (exact) mass is 395 g/mol. The van der Waals surface area contributed by atoms with Crippen LogP contribution < -0.4 is 14.2 Å². The smallest absolute Gasteiger partial charge is 0.231 e. The number of carbonyl (C=O) groups excluding carboxylic acids is 2. The fourth-order valence-corrected chi connectivity index (χ4v) is 4.05. The van der Waals surface area contributed by atoms with Crippen LogP contribution in [-0.4, -0.2) is 43.1 Å². The summed E-state index contributed by atoms with van der Waals surface area (Å²) in [6.45, 7) is 2.78. The highest BCUT2D eigenvalue weighted by Gasteiger charge is 2.34. The maximum atomic E-state index is 13.1. The molecule has 2 aliphatic heterocycles. The van der Waals surface area contributed by atoms with Gasteiger partial charge in [0, 0.05) is 18.5 Å². The van der Waals surface area contributed by atoms with Crippen molar-refractivity contribution in [1.29, 1.82) is 0 Å². The molecule has 0 N–H and O–H groups in total. The summed E-state index contributed by atoms with van der Waals surface area (Å²) in [7, 11) is 1.61. The van der Waals surface area contributed by atoms with Crippen LogP contribution in [0.3, 0.4) is 0 Å². The number of hydrogen-bond acceptors (Lipinski definition) is 5. The number of nitrogens with zero attached hydrogens (tertiary/aromatic N) is 1. The Kier molecular flexibility index (Phi) is 5.43. The molecule has 1 amide bonds. The van der Waals surface area contributed by atoms with Crippen molar-refractivity contribution in [3.05, 3.63) is 53.1 Å². The first-order valence-corrected chi connectivity index (χ1v) is 9.93. The minimum atomic E-state index is -0.382. The number of likely N-dealkylation sites (tertiary alicyclic amines) is 1. The molecule has 0 saturated carbocycles. The molecular formula is C23H25NO5. The van der Waals surface area contributed by atoms with Gasteiger partial charge in [0.2, 0.25) is 12.7 Å². The summed E-state index contributed by atoms with van der Waals surface area (Å²) in [5.74, 6) is 2.23. The maximum absolute atomic E-state index is 13.1. The van der Waals surface area contributed by atoms with E-state index in [1.54, 1.807) is 18.1 Å². The second kappa shape index (κ2) is 8.15. The van der Waals surface area contributed by atoms with Gasteiger partial charge in [-0.2, -0.15) is 0 Å². The number of amides is 1. The molecule has 6 nitrogen and oxygen atoms in total. The minimum Gasteiger partial charge on any atom is -0.496 e. The van der Waals surface area contributed by atoms with Crippen LogP contribution in [0.1, 0.15) is 40.7 Å². The van der Waals surface area contributed by atoms with E-state index in [9.17, 15) is 9.59 Å². The Labute approximate surface area is 170 Å². The number of ether oxygens (including phenoxy) is 3. The number of fused-ring (bicyclic) bond motifs is 1. The predicted octanol–water partition coefficient (Wildman–Crippen LogP) is 3.54. The van der Waals surface area contributed by atoms with Gasteiger partial charge in [-0.25, -0.2) is 0 Å². The molecule has 1 fully saturated rings. The maximum Gasteiger partial charge on any atom is 0.231 e. The van der Waals surface area contributed by atoms with Gasteiger partial charge < -0.3 is 19.1 Å². The largest absolute Gasteiger partial charge is 0.496 e. The zero-order valence-electron chi connectivity index (χ0n) is 16.8. The second-order valence-electron chi connectivity index (χ2n) is 7.48. The molecule has 152 valence electrons. The van der Waals surface area contributed by atoms with E-state index in [2.05, 4.69) is 0 Å². The van der Waals surface area contributed by atoms with Crippen molar-refractivity contribution >= 4 is 11.7 Å². The van der Waals surface area contributed by atoms with E-state index in [1.807, 2.05) is 37.3 Å². The average molecular weight is 395 g/mol. The number of aryl methyl sites for hydroxylation is 2. The Morgan fingerprint density at radius 3 is 2.76 bits per heavy atom. The van der Waals surface area contributed by atoms with E-state index in [-0.39, 0.29) is 24.5 Å². The number of methoxy groups -OCH3 is 1. The van der Waals surface area contributed by atoms with Gasteiger partial charge in [0.05, 0.1) is 13.2 Å². The molecule has 4 rings (SSSR count). The SMILES string of the molecule is COc1ccc(C(=O)C2CCCN2C(=O)CCc2ccc3c(c2)OCO3)cc1C. The van der Waals surface area contributed by atoms with E-state index in [0.717, 1.165) is 34.8 Å². The van der Waals surface area contributed by atoms with Gasteiger partial charge in [-0.3, -0.25) is 9.59 Å². The van der Waals surface area contributed by atoms with Gasteiger partial charge in [0.1, 0.15) is 5.75 Å². The molecule has 2 aromatic rings. The number of hydrogen-bond donors (Lipinski definition) is 0. The Bertz CT molecular complexity index is 939. The highest BCUT2D eigenvalue weighted by atomic mass is 16.7. The summed E-state index contributed by atoms with van der Waals surface area (Å²) in [6, 6.07) is 10.8. The Morgan fingerprint density at radius 1 is 1.14 bits per heavy atom. The second-order valence-corrected chi connectivity index (χ2v) is 7.48. The predicted molar refractivity (Wildman–Crippen MR) is 108 cm³/mol. The minimum absolute atomic E-state index is 0.00434. The van der Waals surface area contributed by atoms with Gasteiger partial charge in [-0.15, -0.1) is 0 Å². The number of benzene rings is 2. The molecule has 1 unspecified atom stereocenters. The van der Waals surface area contributed by atoms with Crippen LogP contribution in [-0.2, 0) is 11.2 Å². The number of ketones is 1. The molecule has 29 heavy (non-hydrogen) atoms. The number of carbonyl (C=O) groups is 2. The highest BCUT2D eigenvalue weighted by molar-refractivity contribution is 6.02. The van der Waals surface area contributed by atoms with Crippen LogP contribution in [0.5, 0.6) is 17.2 Å². The molecule has 0 aromatic heterocycles. The Balaban J connectivity index is 1.41. The van der Waals surface area contributed by atoms with E-state index < -0.39 is 0 Å². The van der Waals surface area contributed by atoms with Gasteiger partial charge in [0.15, 0.2) is 17.3 Å². The standard InChI is InChI=1S/C23H25NO5/c1-15-12-17(7-9-19(15)27-2)23(26)18-4-3-11-24(18)22(25)10-6-16-5-8-20-21(13-16)29-14-28-20/h5,7-9,12-13,18H,3-4,6,10-11,14H2,1-2H3. The lowest BCUT2D eigenvalue weighted by Crippen LogP contribution is -2.40. The summed E-state index contributed by atoms with van der Waals surface area (Å²) in [6.07, 6.45) is 2.53. The number of Topliss-reactive ketones (excluding diaryl/α,β-unsaturated/α-hetero) is 1. The zero-order valence-corrected chi connectivity index (χ0v) is 16.8. The topological polar surface area (TPSA) is 65.1 Å². The Morgan fingerprint density at radius 2 is 1.97 bits per heavy atom. The molecule has 2 heterocycles. The Hall–Kier alpha value is -3.02. The normalized spacial score (nSPS) is 17.4. The number of rotatable bonds is 6. The molecule has 2 aromatic carbocycles. The van der Waals surface area contributed by atoms with E-state index >= 15 is 0 Å². The van der Waals surface area contributed by atoms with Crippen molar-refractivity contribution in [3.63, 3.8) is 0 Å². The highest BCUT2D eigenvalue weighted by Crippen LogP contribution is 2.33. The summed E-state index contributed by atoms with van der Waals surface area (Å²) in [4.78, 5) is 27.7. The average Bonchev–Trinajstić information content (AvgIpc) is 3.40. The van der Waals surface area contributed by atoms with Crippen molar-refractivity contribution in [3.8, 4) is 17.2 Å². The summed E-state index contributed by atoms with van der Waals surface area (Å²) in [5.41, 5.74) is 2.57. The summed E-state index contributed by atoms with van der Waals surface area (Å²) in [5, 5.41) is 0. The van der Waals surface area contributed by atoms with Crippen LogP contribution in [0.25, 0.3) is 0 Å². The molecule has 2 aliphatic rings. The van der Waals surface area contributed by atoms with Gasteiger partial charge in [-0.1, -0.05) is 6.07 Å². The molecule has 1 atom stereocenters. The van der Waals surface area contributed by atoms with E-state index in [0.29, 0.717) is 31.4 Å². The van der Waals surface area contributed by atoms with Crippen molar-refractivity contribution in [1.82, 2.24) is 4.90 Å². The first-order valence-electron chi connectivity index (χ1n) is 9.93. The zero-order chi connectivity index (χ0) is 20.4. The van der Waals surface area contributed by atoms with Crippen LogP contribution >= 0.6 is 0 Å². The third-order valence-corrected chi connectivity index (χ3v) is 5.62. The first kappa shape index (κ1) is 19.3. The van der Waals surface area contributed by atoms with Crippen LogP contribution in [0, 0.1) is 6.92 Å². The molecule has 0 spiro atoms. The van der Waals surface area contributed by atoms with Gasteiger partial charge in [-0.05, 0) is 67.6 Å². The van der Waals surface area contributed by atoms with Crippen LogP contribution in [0.15, 0.2) is 36.4 Å². The third kappa shape index (κ3) is 3.92. The fourth-order valence-electron chi connectivity index (χ4n) is 4.05. The van der Waals surface area contributed by atoms with Crippen LogP contribution in [0.4, 0.5) is 0 Å². The third-order valence-electron chi connectivity index (χ3n) is 5.62. The molecule has 0 aliphatic carbocycles. The molecule has 0 bridgehead atoms. The van der Waals surface area contributed by atoms with Crippen molar-refractivity contribution in [2.45, 2.75) is 38.6 Å². The molecular weight excluding hydrogens is 370 g/mol. The molecule has 1 saturated heterocycles. The van der Waals surface area contributed by atoms with E-state index in [1.165, 1.54) is 0 Å². The van der Waals surface area contributed by atoms with Gasteiger partial charge >= 0.3 is 0 Å². The van der Waals surface area contributed by atoms with Gasteiger partial charge in [0.25, 0.3) is 0 Å². The van der Waals surface area contributed by atoms with Crippen molar-refractivity contribution in [2.24, 2.45) is 0 Å².